The van der Waals surface area contributed by atoms with Crippen LogP contribution in [0.25, 0.3) is 0 Å². The van der Waals surface area contributed by atoms with Gasteiger partial charge in [-0.3, -0.25) is 4.79 Å². The van der Waals surface area contributed by atoms with E-state index in [0.29, 0.717) is 30.1 Å². The molecule has 1 amide bonds. The van der Waals surface area contributed by atoms with E-state index in [4.69, 9.17) is 5.73 Å². The Morgan fingerprint density at radius 2 is 2.09 bits per heavy atom. The predicted octanol–water partition coefficient (Wildman–Crippen LogP) is 1.60. The smallest absolute Gasteiger partial charge is 0.254 e. The number of aryl methyl sites for hydroxylation is 1. The standard InChI is InChI=1S/C16H24N2O3S/c1-11-5-4-8-18(14(11)10-17)16(19)13-7-6-12(2)15(9-13)22(3,20)21/h6-7,9,11,14H,4-5,8,10,17H2,1-3H3/t11-,14+/m1/s1. The number of likely N-dealkylation sites (tertiary alicyclic amines) is 1. The second-order valence-corrected chi connectivity index (χ2v) is 8.16. The topological polar surface area (TPSA) is 80.5 Å². The monoisotopic (exact) mass is 324 g/mol. The second-order valence-electron chi connectivity index (χ2n) is 6.17. The van der Waals surface area contributed by atoms with Gasteiger partial charge < -0.3 is 10.6 Å². The summed E-state index contributed by atoms with van der Waals surface area (Å²) in [6, 6.07) is 4.89. The van der Waals surface area contributed by atoms with Crippen LogP contribution in [0.5, 0.6) is 0 Å². The van der Waals surface area contributed by atoms with Crippen molar-refractivity contribution in [2.24, 2.45) is 11.7 Å². The van der Waals surface area contributed by atoms with Crippen molar-refractivity contribution in [3.05, 3.63) is 29.3 Å². The predicted molar refractivity (Wildman–Crippen MR) is 86.6 cm³/mol. The zero-order chi connectivity index (χ0) is 16.5. The maximum atomic E-state index is 12.8. The molecule has 6 heteroatoms. The highest BCUT2D eigenvalue weighted by molar-refractivity contribution is 7.90. The van der Waals surface area contributed by atoms with Gasteiger partial charge in [0.15, 0.2) is 9.84 Å². The lowest BCUT2D eigenvalue weighted by Gasteiger charge is -2.39. The van der Waals surface area contributed by atoms with Gasteiger partial charge in [0.25, 0.3) is 5.91 Å². The first-order valence-electron chi connectivity index (χ1n) is 7.57. The van der Waals surface area contributed by atoms with Crippen LogP contribution in [0.1, 0.15) is 35.7 Å². The Hall–Kier alpha value is -1.40. The maximum absolute atomic E-state index is 12.8. The van der Waals surface area contributed by atoms with Crippen LogP contribution in [0.15, 0.2) is 23.1 Å². The highest BCUT2D eigenvalue weighted by Gasteiger charge is 2.31. The van der Waals surface area contributed by atoms with Gasteiger partial charge in [0.05, 0.1) is 4.90 Å². The van der Waals surface area contributed by atoms with Crippen LogP contribution in [0.4, 0.5) is 0 Å². The summed E-state index contributed by atoms with van der Waals surface area (Å²) in [5, 5.41) is 0. The van der Waals surface area contributed by atoms with Crippen molar-refractivity contribution in [2.75, 3.05) is 19.3 Å². The molecule has 1 heterocycles. The normalized spacial score (nSPS) is 22.6. The highest BCUT2D eigenvalue weighted by atomic mass is 32.2. The minimum atomic E-state index is -3.35. The first kappa shape index (κ1) is 17.0. The number of carbonyl (C=O) groups is 1. The Kier molecular flexibility index (Phi) is 4.92. The third-order valence-corrected chi connectivity index (χ3v) is 5.69. The van der Waals surface area contributed by atoms with E-state index in [-0.39, 0.29) is 16.8 Å². The van der Waals surface area contributed by atoms with Crippen molar-refractivity contribution >= 4 is 15.7 Å². The van der Waals surface area contributed by atoms with Crippen molar-refractivity contribution in [1.82, 2.24) is 4.90 Å². The van der Waals surface area contributed by atoms with Crippen LogP contribution >= 0.6 is 0 Å². The van der Waals surface area contributed by atoms with E-state index < -0.39 is 9.84 Å². The Balaban J connectivity index is 2.37. The van der Waals surface area contributed by atoms with Crippen molar-refractivity contribution in [1.29, 1.82) is 0 Å². The molecule has 1 aromatic carbocycles. The largest absolute Gasteiger partial charge is 0.334 e. The molecule has 0 aliphatic carbocycles. The summed E-state index contributed by atoms with van der Waals surface area (Å²) in [5.74, 6) is 0.231. The fourth-order valence-electron chi connectivity index (χ4n) is 3.16. The summed E-state index contributed by atoms with van der Waals surface area (Å²) in [6.07, 6.45) is 3.18. The van der Waals surface area contributed by atoms with Crippen LogP contribution in [0.2, 0.25) is 0 Å². The minimum absolute atomic E-state index is 0.0178. The number of sulfone groups is 1. The average molecular weight is 324 g/mol. The highest BCUT2D eigenvalue weighted by Crippen LogP contribution is 2.25. The lowest BCUT2D eigenvalue weighted by atomic mass is 9.90. The number of nitrogens with two attached hydrogens (primary N) is 1. The molecule has 0 aromatic heterocycles. The van der Waals surface area contributed by atoms with Gasteiger partial charge in [-0.2, -0.15) is 0 Å². The first-order valence-corrected chi connectivity index (χ1v) is 9.46. The van der Waals surface area contributed by atoms with E-state index in [0.717, 1.165) is 19.1 Å². The molecule has 0 bridgehead atoms. The quantitative estimate of drug-likeness (QED) is 0.916. The molecule has 1 aliphatic heterocycles. The third kappa shape index (κ3) is 3.33. The van der Waals surface area contributed by atoms with Gasteiger partial charge >= 0.3 is 0 Å². The summed E-state index contributed by atoms with van der Waals surface area (Å²) in [4.78, 5) is 14.8. The van der Waals surface area contributed by atoms with Gasteiger partial charge in [-0.05, 0) is 43.4 Å². The molecule has 2 N–H and O–H groups in total. The number of hydrogen-bond donors (Lipinski definition) is 1. The molecule has 1 saturated heterocycles. The van der Waals surface area contributed by atoms with Gasteiger partial charge in [-0.15, -0.1) is 0 Å². The van der Waals surface area contributed by atoms with E-state index in [2.05, 4.69) is 6.92 Å². The molecule has 1 aliphatic rings. The molecule has 122 valence electrons. The second kappa shape index (κ2) is 6.38. The SMILES string of the molecule is Cc1ccc(C(=O)N2CCC[C@@H](C)[C@@H]2CN)cc1S(C)(=O)=O. The molecule has 22 heavy (non-hydrogen) atoms. The average Bonchev–Trinajstić information content (AvgIpc) is 2.45. The summed E-state index contributed by atoms with van der Waals surface area (Å²) < 4.78 is 23.7. The van der Waals surface area contributed by atoms with Crippen LogP contribution in [-0.2, 0) is 9.84 Å². The number of rotatable bonds is 3. The molecule has 2 atom stereocenters. The van der Waals surface area contributed by atoms with Gasteiger partial charge in [-0.25, -0.2) is 8.42 Å². The number of piperidine rings is 1. The summed E-state index contributed by atoms with van der Waals surface area (Å²) in [6.45, 7) is 4.94. The molecule has 5 nitrogen and oxygen atoms in total. The van der Waals surface area contributed by atoms with Crippen molar-refractivity contribution in [2.45, 2.75) is 37.6 Å². The minimum Gasteiger partial charge on any atom is -0.334 e. The molecule has 0 unspecified atom stereocenters. The number of nitrogens with zero attached hydrogens (tertiary/aromatic N) is 1. The molecular weight excluding hydrogens is 300 g/mol. The first-order chi connectivity index (χ1) is 10.3. The Morgan fingerprint density at radius 3 is 2.68 bits per heavy atom. The molecule has 0 radical (unpaired) electrons. The molecule has 1 fully saturated rings. The van der Waals surface area contributed by atoms with Crippen molar-refractivity contribution < 1.29 is 13.2 Å². The Labute approximate surface area is 132 Å². The molecule has 2 rings (SSSR count). The van der Waals surface area contributed by atoms with Gasteiger partial charge in [0, 0.05) is 31.0 Å². The Morgan fingerprint density at radius 1 is 1.41 bits per heavy atom. The summed E-state index contributed by atoms with van der Waals surface area (Å²) in [7, 11) is -3.35. The zero-order valence-electron chi connectivity index (χ0n) is 13.4. The van der Waals surface area contributed by atoms with E-state index in [1.54, 1.807) is 24.0 Å². The van der Waals surface area contributed by atoms with E-state index in [1.807, 2.05) is 0 Å². The number of benzene rings is 1. The molecule has 0 spiro atoms. The van der Waals surface area contributed by atoms with E-state index >= 15 is 0 Å². The fraction of sp³-hybridized carbons (Fsp3) is 0.562. The lowest BCUT2D eigenvalue weighted by Crippen LogP contribution is -2.51. The number of hydrogen-bond acceptors (Lipinski definition) is 4. The molecule has 1 aromatic rings. The van der Waals surface area contributed by atoms with Crippen LogP contribution in [0.3, 0.4) is 0 Å². The van der Waals surface area contributed by atoms with Crippen LogP contribution in [-0.4, -0.2) is 44.6 Å². The maximum Gasteiger partial charge on any atom is 0.254 e. The lowest BCUT2D eigenvalue weighted by molar-refractivity contribution is 0.0532. The van der Waals surface area contributed by atoms with Gasteiger partial charge in [0.1, 0.15) is 0 Å². The van der Waals surface area contributed by atoms with Gasteiger partial charge in [-0.1, -0.05) is 13.0 Å². The number of carbonyl (C=O) groups excluding carboxylic acids is 1. The van der Waals surface area contributed by atoms with Crippen LogP contribution in [0, 0.1) is 12.8 Å². The molecular formula is C16H24N2O3S. The van der Waals surface area contributed by atoms with Crippen LogP contribution < -0.4 is 5.73 Å². The van der Waals surface area contributed by atoms with Gasteiger partial charge in [0.2, 0.25) is 0 Å². The van der Waals surface area contributed by atoms with E-state index in [1.165, 1.54) is 6.07 Å². The van der Waals surface area contributed by atoms with Crippen molar-refractivity contribution in [3.63, 3.8) is 0 Å². The summed E-state index contributed by atoms with van der Waals surface area (Å²) in [5.41, 5.74) is 6.90. The third-order valence-electron chi connectivity index (χ3n) is 4.45. The summed E-state index contributed by atoms with van der Waals surface area (Å²) >= 11 is 0. The van der Waals surface area contributed by atoms with E-state index in [9.17, 15) is 13.2 Å². The number of amides is 1. The fourth-order valence-corrected chi connectivity index (χ4v) is 4.15. The van der Waals surface area contributed by atoms with Crippen molar-refractivity contribution in [3.8, 4) is 0 Å². The zero-order valence-corrected chi connectivity index (χ0v) is 14.2. The molecule has 0 saturated carbocycles. The Bertz CT molecular complexity index is 670.